The summed E-state index contributed by atoms with van der Waals surface area (Å²) in [6, 6.07) is 5.35. The molecule has 0 saturated heterocycles. The minimum Gasteiger partial charge on any atom is -0.480 e. The van der Waals surface area contributed by atoms with Crippen LogP contribution in [0.15, 0.2) is 24.3 Å². The topological polar surface area (TPSA) is 92.4 Å². The van der Waals surface area contributed by atoms with Crippen LogP contribution in [0.2, 0.25) is 0 Å². The summed E-state index contributed by atoms with van der Waals surface area (Å²) in [5.74, 6) is -1.57. The Morgan fingerprint density at radius 2 is 2.06 bits per heavy atom. The third-order valence-corrected chi connectivity index (χ3v) is 2.26. The number of hydrogen-bond donors (Lipinski definition) is 3. The van der Waals surface area contributed by atoms with Crippen molar-refractivity contribution in [1.29, 1.82) is 0 Å². The van der Waals surface area contributed by atoms with Gasteiger partial charge in [-0.05, 0) is 12.1 Å². The summed E-state index contributed by atoms with van der Waals surface area (Å²) in [6.07, 6.45) is -0.259. The van der Waals surface area contributed by atoms with E-state index < -0.39 is 12.0 Å². The molecule has 0 aliphatic rings. The van der Waals surface area contributed by atoms with Gasteiger partial charge in [0.1, 0.15) is 6.04 Å². The number of ketones is 1. The van der Waals surface area contributed by atoms with Gasteiger partial charge >= 0.3 is 5.97 Å². The van der Waals surface area contributed by atoms with Crippen LogP contribution in [0.3, 0.4) is 0 Å². The number of aliphatic carboxylic acids is 1. The number of benzene rings is 1. The lowest BCUT2D eigenvalue weighted by atomic mass is 10.0. The molecule has 0 fully saturated rings. The number of carboxylic acids is 1. The summed E-state index contributed by atoms with van der Waals surface area (Å²) in [6.45, 7) is 0. The molecule has 0 saturated carbocycles. The number of nitrogens with one attached hydrogen (secondary N) is 1. The van der Waals surface area contributed by atoms with Gasteiger partial charge in [0, 0.05) is 23.8 Å². The second kappa shape index (κ2) is 5.48. The molecule has 1 unspecified atom stereocenters. The number of para-hydroxylation sites is 1. The average molecular weight is 243 g/mol. The third-order valence-electron chi connectivity index (χ3n) is 2.05. The molecule has 16 heavy (non-hydrogen) atoms. The minimum absolute atomic E-state index is 0.259. The quantitative estimate of drug-likeness (QED) is 0.534. The summed E-state index contributed by atoms with van der Waals surface area (Å²) in [5.41, 5.74) is 6.04. The van der Waals surface area contributed by atoms with Crippen LogP contribution in [-0.2, 0) is 4.79 Å². The molecular weight excluding hydrogens is 232 g/mol. The number of anilines is 1. The standard InChI is InChI=1S/C10H11ClN2O3/c11-13-8-4-2-1-3-6(8)9(14)5-7(12)10(15)16/h1-4,7,13H,5,12H2,(H,15,16). The van der Waals surface area contributed by atoms with Crippen LogP contribution in [0.4, 0.5) is 5.69 Å². The zero-order chi connectivity index (χ0) is 12.1. The van der Waals surface area contributed by atoms with Crippen LogP contribution in [-0.4, -0.2) is 22.9 Å². The predicted octanol–water partition coefficient (Wildman–Crippen LogP) is 1.24. The van der Waals surface area contributed by atoms with Gasteiger partial charge in [0.2, 0.25) is 0 Å². The molecular formula is C10H11ClN2O3. The van der Waals surface area contributed by atoms with E-state index >= 15 is 0 Å². The smallest absolute Gasteiger partial charge is 0.320 e. The minimum atomic E-state index is -1.20. The first-order valence-corrected chi connectivity index (χ1v) is 4.91. The highest BCUT2D eigenvalue weighted by molar-refractivity contribution is 6.25. The molecule has 1 aromatic carbocycles. The van der Waals surface area contributed by atoms with E-state index in [4.69, 9.17) is 22.6 Å². The van der Waals surface area contributed by atoms with Crippen LogP contribution < -0.4 is 10.6 Å². The Labute approximate surface area is 97.3 Å². The van der Waals surface area contributed by atoms with Crippen molar-refractivity contribution >= 4 is 29.2 Å². The maximum atomic E-state index is 11.7. The van der Waals surface area contributed by atoms with Gasteiger partial charge in [-0.1, -0.05) is 12.1 Å². The van der Waals surface area contributed by atoms with E-state index in [1.165, 1.54) is 0 Å². The Balaban J connectivity index is 2.84. The van der Waals surface area contributed by atoms with E-state index in [9.17, 15) is 9.59 Å². The van der Waals surface area contributed by atoms with E-state index in [1.54, 1.807) is 24.3 Å². The maximum Gasteiger partial charge on any atom is 0.320 e. The highest BCUT2D eigenvalue weighted by atomic mass is 35.5. The van der Waals surface area contributed by atoms with E-state index in [-0.39, 0.29) is 12.2 Å². The monoisotopic (exact) mass is 242 g/mol. The molecule has 0 heterocycles. The Hall–Kier alpha value is -1.59. The van der Waals surface area contributed by atoms with Gasteiger partial charge in [-0.25, -0.2) is 0 Å². The first-order chi connectivity index (χ1) is 7.56. The summed E-state index contributed by atoms with van der Waals surface area (Å²) in [7, 11) is 0. The van der Waals surface area contributed by atoms with Crippen LogP contribution in [0.5, 0.6) is 0 Å². The second-order valence-corrected chi connectivity index (χ2v) is 3.40. The highest BCUT2D eigenvalue weighted by Crippen LogP contribution is 2.18. The number of halogens is 1. The molecule has 0 spiro atoms. The SMILES string of the molecule is NC(CC(=O)c1ccccc1NCl)C(=O)O. The Bertz CT molecular complexity index is 409. The summed E-state index contributed by atoms with van der Waals surface area (Å²) < 4.78 is 0. The normalized spacial score (nSPS) is 11.9. The Morgan fingerprint density at radius 1 is 1.44 bits per heavy atom. The van der Waals surface area contributed by atoms with Crippen molar-refractivity contribution in [3.63, 3.8) is 0 Å². The summed E-state index contributed by atoms with van der Waals surface area (Å²) in [4.78, 5) is 24.5. The van der Waals surface area contributed by atoms with Gasteiger partial charge in [0.05, 0.1) is 5.69 Å². The van der Waals surface area contributed by atoms with Crippen molar-refractivity contribution in [2.75, 3.05) is 4.84 Å². The number of carbonyl (C=O) groups excluding carboxylic acids is 1. The summed E-state index contributed by atoms with van der Waals surface area (Å²) >= 11 is 5.43. The summed E-state index contributed by atoms with van der Waals surface area (Å²) in [5, 5.41) is 8.59. The predicted molar refractivity (Wildman–Crippen MR) is 60.5 cm³/mol. The zero-order valence-corrected chi connectivity index (χ0v) is 9.07. The van der Waals surface area contributed by atoms with E-state index in [2.05, 4.69) is 4.84 Å². The fourth-order valence-electron chi connectivity index (χ4n) is 1.21. The van der Waals surface area contributed by atoms with Crippen molar-refractivity contribution in [2.24, 2.45) is 5.73 Å². The number of nitrogens with two attached hydrogens (primary N) is 1. The van der Waals surface area contributed by atoms with Gasteiger partial charge in [0.25, 0.3) is 0 Å². The lowest BCUT2D eigenvalue weighted by Crippen LogP contribution is -2.32. The second-order valence-electron chi connectivity index (χ2n) is 3.21. The molecule has 6 heteroatoms. The molecule has 0 aromatic heterocycles. The molecule has 5 nitrogen and oxygen atoms in total. The number of carbonyl (C=O) groups is 2. The molecule has 4 N–H and O–H groups in total. The molecule has 86 valence electrons. The first kappa shape index (κ1) is 12.5. The van der Waals surface area contributed by atoms with Crippen molar-refractivity contribution in [3.05, 3.63) is 29.8 Å². The largest absolute Gasteiger partial charge is 0.480 e. The highest BCUT2D eigenvalue weighted by Gasteiger charge is 2.19. The molecule has 0 bridgehead atoms. The van der Waals surface area contributed by atoms with E-state index in [1.807, 2.05) is 0 Å². The fourth-order valence-corrected chi connectivity index (χ4v) is 1.37. The van der Waals surface area contributed by atoms with Crippen LogP contribution >= 0.6 is 11.8 Å². The Kier molecular flexibility index (Phi) is 4.28. The molecule has 1 atom stereocenters. The number of Topliss-reactive ketones (excluding diaryl/α,β-unsaturated/α-hetero) is 1. The van der Waals surface area contributed by atoms with Gasteiger partial charge in [0.15, 0.2) is 5.78 Å². The molecule has 1 aromatic rings. The van der Waals surface area contributed by atoms with Crippen molar-refractivity contribution < 1.29 is 14.7 Å². The van der Waals surface area contributed by atoms with Gasteiger partial charge < -0.3 is 10.8 Å². The first-order valence-electron chi connectivity index (χ1n) is 4.53. The van der Waals surface area contributed by atoms with Gasteiger partial charge in [-0.15, -0.1) is 0 Å². The van der Waals surface area contributed by atoms with Crippen molar-refractivity contribution in [3.8, 4) is 0 Å². The number of rotatable bonds is 5. The van der Waals surface area contributed by atoms with Crippen molar-refractivity contribution in [1.82, 2.24) is 0 Å². The van der Waals surface area contributed by atoms with E-state index in [0.717, 1.165) is 0 Å². The molecule has 0 aliphatic carbocycles. The van der Waals surface area contributed by atoms with Crippen LogP contribution in [0.25, 0.3) is 0 Å². The maximum absolute atomic E-state index is 11.7. The van der Waals surface area contributed by atoms with E-state index in [0.29, 0.717) is 11.3 Å². The Morgan fingerprint density at radius 3 is 2.62 bits per heavy atom. The molecule has 0 aliphatic heterocycles. The van der Waals surface area contributed by atoms with Crippen LogP contribution in [0.1, 0.15) is 16.8 Å². The fraction of sp³-hybridized carbons (Fsp3) is 0.200. The molecule has 0 radical (unpaired) electrons. The number of carboxylic acid groups (broad SMARTS) is 1. The van der Waals surface area contributed by atoms with Gasteiger partial charge in [-0.3, -0.25) is 14.4 Å². The lowest BCUT2D eigenvalue weighted by Gasteiger charge is -2.08. The number of hydrogen-bond acceptors (Lipinski definition) is 4. The van der Waals surface area contributed by atoms with Crippen LogP contribution in [0, 0.1) is 0 Å². The average Bonchev–Trinajstić information content (AvgIpc) is 2.28. The lowest BCUT2D eigenvalue weighted by molar-refractivity contribution is -0.138. The van der Waals surface area contributed by atoms with Gasteiger partial charge in [-0.2, -0.15) is 0 Å². The third kappa shape index (κ3) is 2.95. The molecule has 1 rings (SSSR count). The van der Waals surface area contributed by atoms with Crippen molar-refractivity contribution in [2.45, 2.75) is 12.5 Å². The zero-order valence-electron chi connectivity index (χ0n) is 8.31. The molecule has 0 amide bonds.